The molecule has 0 bridgehead atoms. The van der Waals surface area contributed by atoms with Crippen molar-refractivity contribution >= 4 is 6.09 Å². The van der Waals surface area contributed by atoms with Crippen molar-refractivity contribution in [3.05, 3.63) is 0 Å². The lowest BCUT2D eigenvalue weighted by Gasteiger charge is -2.40. The highest BCUT2D eigenvalue weighted by molar-refractivity contribution is 5.69. The number of ether oxygens (including phenoxy) is 1. The first-order chi connectivity index (χ1) is 11.6. The molecule has 146 valence electrons. The summed E-state index contributed by atoms with van der Waals surface area (Å²) in [6, 6.07) is 0.895. The molecule has 1 amide bonds. The van der Waals surface area contributed by atoms with Crippen LogP contribution in [-0.4, -0.2) is 41.8 Å². The van der Waals surface area contributed by atoms with Gasteiger partial charge in [-0.2, -0.15) is 0 Å². The number of carbonyl (C=O) groups excluding carboxylic acids is 1. The number of rotatable bonds is 4. The van der Waals surface area contributed by atoms with Gasteiger partial charge in [0, 0.05) is 18.6 Å². The van der Waals surface area contributed by atoms with Crippen LogP contribution in [0.15, 0.2) is 0 Å². The molecular formula is C21H40N2O2. The molecular weight excluding hydrogens is 312 g/mol. The van der Waals surface area contributed by atoms with E-state index in [4.69, 9.17) is 4.74 Å². The summed E-state index contributed by atoms with van der Waals surface area (Å²) in [5.74, 6) is 0.573. The summed E-state index contributed by atoms with van der Waals surface area (Å²) in [5, 5.41) is 3.83. The van der Waals surface area contributed by atoms with Crippen LogP contribution in [0.3, 0.4) is 0 Å². The Balaban J connectivity index is 1.98. The maximum absolute atomic E-state index is 12.6. The molecule has 4 heteroatoms. The van der Waals surface area contributed by atoms with Gasteiger partial charge in [-0.3, -0.25) is 0 Å². The Hall–Kier alpha value is -0.770. The minimum atomic E-state index is -0.416. The zero-order chi connectivity index (χ0) is 18.7. The molecule has 0 spiro atoms. The fourth-order valence-corrected chi connectivity index (χ4v) is 4.29. The molecule has 2 rings (SSSR count). The zero-order valence-electron chi connectivity index (χ0n) is 17.4. The lowest BCUT2D eigenvalue weighted by atomic mass is 9.78. The van der Waals surface area contributed by atoms with E-state index < -0.39 is 5.60 Å². The molecule has 1 heterocycles. The largest absolute Gasteiger partial charge is 0.444 e. The van der Waals surface area contributed by atoms with E-state index in [9.17, 15) is 4.79 Å². The summed E-state index contributed by atoms with van der Waals surface area (Å²) in [5.41, 5.74) is -0.0474. The second-order valence-corrected chi connectivity index (χ2v) is 10.2. The third kappa shape index (κ3) is 6.47. The van der Waals surface area contributed by atoms with Crippen molar-refractivity contribution in [1.29, 1.82) is 0 Å². The van der Waals surface area contributed by atoms with Crippen molar-refractivity contribution in [3.8, 4) is 0 Å². The van der Waals surface area contributed by atoms with Crippen molar-refractivity contribution in [2.75, 3.05) is 13.1 Å². The molecule has 0 aromatic heterocycles. The molecule has 2 fully saturated rings. The van der Waals surface area contributed by atoms with Gasteiger partial charge in [0.15, 0.2) is 0 Å². The lowest BCUT2D eigenvalue weighted by molar-refractivity contribution is 0.0132. The van der Waals surface area contributed by atoms with E-state index in [0.29, 0.717) is 23.4 Å². The Morgan fingerprint density at radius 1 is 1.04 bits per heavy atom. The van der Waals surface area contributed by atoms with Crippen LogP contribution >= 0.6 is 0 Å². The molecule has 1 saturated heterocycles. The first kappa shape index (κ1) is 20.5. The summed E-state index contributed by atoms with van der Waals surface area (Å²) in [4.78, 5) is 14.7. The van der Waals surface area contributed by atoms with Crippen LogP contribution in [0, 0.1) is 11.3 Å². The molecule has 25 heavy (non-hydrogen) atoms. The van der Waals surface area contributed by atoms with Crippen LogP contribution in [0.25, 0.3) is 0 Å². The van der Waals surface area contributed by atoms with E-state index in [1.807, 2.05) is 25.7 Å². The van der Waals surface area contributed by atoms with Gasteiger partial charge >= 0.3 is 6.09 Å². The van der Waals surface area contributed by atoms with Gasteiger partial charge in [0.25, 0.3) is 0 Å². The third-order valence-electron chi connectivity index (χ3n) is 5.52. The molecule has 0 radical (unpaired) electrons. The number of nitrogens with zero attached hydrogens (tertiary/aromatic N) is 1. The average Bonchev–Trinajstić information content (AvgIpc) is 2.94. The first-order valence-corrected chi connectivity index (χ1v) is 10.3. The Bertz CT molecular complexity index is 436. The van der Waals surface area contributed by atoms with Gasteiger partial charge in [-0.05, 0) is 70.8 Å². The van der Waals surface area contributed by atoms with E-state index in [-0.39, 0.29) is 6.09 Å². The molecule has 0 aromatic rings. The Morgan fingerprint density at radius 2 is 1.72 bits per heavy atom. The first-order valence-electron chi connectivity index (χ1n) is 10.3. The van der Waals surface area contributed by atoms with Crippen LogP contribution < -0.4 is 5.32 Å². The van der Waals surface area contributed by atoms with E-state index in [2.05, 4.69) is 26.1 Å². The summed E-state index contributed by atoms with van der Waals surface area (Å²) in [6.45, 7) is 14.7. The van der Waals surface area contributed by atoms with Crippen LogP contribution in [0.5, 0.6) is 0 Å². The topological polar surface area (TPSA) is 41.6 Å². The second-order valence-electron chi connectivity index (χ2n) is 10.2. The smallest absolute Gasteiger partial charge is 0.410 e. The average molecular weight is 353 g/mol. The maximum atomic E-state index is 12.6. The van der Waals surface area contributed by atoms with Crippen molar-refractivity contribution in [2.24, 2.45) is 11.3 Å². The summed E-state index contributed by atoms with van der Waals surface area (Å²) in [6.07, 6.45) is 8.38. The number of carbonyl (C=O) groups is 1. The highest BCUT2D eigenvalue weighted by atomic mass is 16.6. The highest BCUT2D eigenvalue weighted by Crippen LogP contribution is 2.35. The SMILES string of the molecule is CC(C)(C)CCNC1CCCCC1C1CCCN1C(=O)OC(C)(C)C. The number of amides is 1. The molecule has 3 unspecified atom stereocenters. The minimum Gasteiger partial charge on any atom is -0.444 e. The minimum absolute atomic E-state index is 0.117. The van der Waals surface area contributed by atoms with Gasteiger partial charge in [0.05, 0.1) is 0 Å². The fraction of sp³-hybridized carbons (Fsp3) is 0.952. The highest BCUT2D eigenvalue weighted by Gasteiger charge is 2.40. The maximum Gasteiger partial charge on any atom is 0.410 e. The molecule has 0 aromatic carbocycles. The van der Waals surface area contributed by atoms with Crippen LogP contribution in [0.1, 0.15) is 86.5 Å². The van der Waals surface area contributed by atoms with Crippen molar-refractivity contribution in [2.45, 2.75) is 104 Å². The summed E-state index contributed by atoms with van der Waals surface area (Å²) < 4.78 is 5.67. The second kappa shape index (κ2) is 8.28. The molecule has 1 aliphatic carbocycles. The number of hydrogen-bond acceptors (Lipinski definition) is 3. The van der Waals surface area contributed by atoms with Crippen molar-refractivity contribution < 1.29 is 9.53 Å². The number of nitrogens with one attached hydrogen (secondary N) is 1. The van der Waals surface area contributed by atoms with Gasteiger partial charge in [-0.1, -0.05) is 33.6 Å². The van der Waals surface area contributed by atoms with E-state index in [0.717, 1.165) is 25.9 Å². The van der Waals surface area contributed by atoms with E-state index in [1.165, 1.54) is 32.1 Å². The lowest BCUT2D eigenvalue weighted by Crippen LogP contribution is -2.51. The standard InChI is InChI=1S/C21H40N2O2/c1-20(2,3)13-14-22-17-11-8-7-10-16(17)18-12-9-15-23(18)19(24)25-21(4,5)6/h16-18,22H,7-15H2,1-6H3. The Labute approximate surface area is 155 Å². The predicted molar refractivity (Wildman–Crippen MR) is 104 cm³/mol. The van der Waals surface area contributed by atoms with Crippen molar-refractivity contribution in [1.82, 2.24) is 10.2 Å². The zero-order valence-corrected chi connectivity index (χ0v) is 17.4. The predicted octanol–water partition coefficient (Wildman–Crippen LogP) is 4.97. The number of hydrogen-bond donors (Lipinski definition) is 1. The van der Waals surface area contributed by atoms with E-state index in [1.54, 1.807) is 0 Å². The van der Waals surface area contributed by atoms with Gasteiger partial charge in [-0.15, -0.1) is 0 Å². The van der Waals surface area contributed by atoms with Gasteiger partial charge in [0.2, 0.25) is 0 Å². The summed E-state index contributed by atoms with van der Waals surface area (Å²) in [7, 11) is 0. The van der Waals surface area contributed by atoms with Crippen LogP contribution in [0.2, 0.25) is 0 Å². The quantitative estimate of drug-likeness (QED) is 0.776. The summed E-state index contributed by atoms with van der Waals surface area (Å²) >= 11 is 0. The van der Waals surface area contributed by atoms with E-state index >= 15 is 0 Å². The van der Waals surface area contributed by atoms with Gasteiger partial charge in [0.1, 0.15) is 5.60 Å². The van der Waals surface area contributed by atoms with Gasteiger partial charge < -0.3 is 15.0 Å². The van der Waals surface area contributed by atoms with Gasteiger partial charge in [-0.25, -0.2) is 4.79 Å². The Kier molecular flexibility index (Phi) is 6.80. The fourth-order valence-electron chi connectivity index (χ4n) is 4.29. The molecule has 4 nitrogen and oxygen atoms in total. The normalized spacial score (nSPS) is 28.2. The molecule has 1 saturated carbocycles. The molecule has 3 atom stereocenters. The molecule has 1 aliphatic heterocycles. The molecule has 1 N–H and O–H groups in total. The Morgan fingerprint density at radius 3 is 2.36 bits per heavy atom. The van der Waals surface area contributed by atoms with Crippen molar-refractivity contribution in [3.63, 3.8) is 0 Å². The van der Waals surface area contributed by atoms with Crippen LogP contribution in [-0.2, 0) is 4.74 Å². The molecule has 2 aliphatic rings. The van der Waals surface area contributed by atoms with Crippen LogP contribution in [0.4, 0.5) is 4.79 Å². The monoisotopic (exact) mass is 352 g/mol. The number of likely N-dealkylation sites (tertiary alicyclic amines) is 1. The third-order valence-corrected chi connectivity index (χ3v) is 5.52.